The summed E-state index contributed by atoms with van der Waals surface area (Å²) in [5, 5.41) is 7.84. The third-order valence-electron chi connectivity index (χ3n) is 3.96. The van der Waals surface area contributed by atoms with Gasteiger partial charge in [0.2, 0.25) is 0 Å². The quantitative estimate of drug-likeness (QED) is 0.287. The molecule has 0 saturated carbocycles. The molecule has 0 heterocycles. The van der Waals surface area contributed by atoms with Crippen LogP contribution in [0.3, 0.4) is 0 Å². The van der Waals surface area contributed by atoms with Gasteiger partial charge in [-0.05, 0) is 54.1 Å². The average molecular weight is 477 g/mol. The number of amides is 2. The second-order valence-electron chi connectivity index (χ2n) is 6.26. The van der Waals surface area contributed by atoms with Crippen LogP contribution in [-0.2, 0) is 16.2 Å². The Morgan fingerprint density at radius 2 is 1.65 bits per heavy atom. The van der Waals surface area contributed by atoms with Gasteiger partial charge in [-0.25, -0.2) is 5.43 Å². The third-order valence-corrected chi connectivity index (χ3v) is 4.79. The maximum absolute atomic E-state index is 11.9. The van der Waals surface area contributed by atoms with E-state index in [1.165, 1.54) is 6.21 Å². The maximum Gasteiger partial charge on any atom is 0.329 e. The first-order valence-electron chi connectivity index (χ1n) is 8.97. The number of hydrogen-bond donors (Lipinski definition) is 2. The molecule has 158 valence electrons. The summed E-state index contributed by atoms with van der Waals surface area (Å²) in [6.45, 7) is 0.262. The first kappa shape index (κ1) is 22.6. The summed E-state index contributed by atoms with van der Waals surface area (Å²) >= 11 is 17.8. The minimum absolute atomic E-state index is 0.262. The van der Waals surface area contributed by atoms with Crippen molar-refractivity contribution < 1.29 is 14.3 Å². The van der Waals surface area contributed by atoms with Gasteiger partial charge in [0, 0.05) is 26.3 Å². The number of hydrogen-bond acceptors (Lipinski definition) is 4. The molecule has 2 N–H and O–H groups in total. The van der Waals surface area contributed by atoms with Gasteiger partial charge in [-0.1, -0.05) is 53.0 Å². The Kier molecular flexibility index (Phi) is 7.89. The molecule has 3 rings (SSSR count). The number of nitrogens with one attached hydrogen (secondary N) is 2. The number of benzene rings is 3. The number of carbonyl (C=O) groups is 2. The van der Waals surface area contributed by atoms with Crippen molar-refractivity contribution in [2.45, 2.75) is 6.61 Å². The van der Waals surface area contributed by atoms with Gasteiger partial charge in [0.1, 0.15) is 12.4 Å². The van der Waals surface area contributed by atoms with Crippen LogP contribution >= 0.6 is 34.8 Å². The van der Waals surface area contributed by atoms with Crippen molar-refractivity contribution in [3.8, 4) is 5.75 Å². The molecule has 2 amide bonds. The van der Waals surface area contributed by atoms with Crippen molar-refractivity contribution in [2.75, 3.05) is 5.32 Å². The van der Waals surface area contributed by atoms with E-state index < -0.39 is 11.8 Å². The van der Waals surface area contributed by atoms with Crippen LogP contribution in [0.4, 0.5) is 5.69 Å². The lowest BCUT2D eigenvalue weighted by Gasteiger charge is -2.08. The van der Waals surface area contributed by atoms with Crippen LogP contribution in [0.5, 0.6) is 5.75 Å². The minimum Gasteiger partial charge on any atom is -0.489 e. The van der Waals surface area contributed by atoms with Gasteiger partial charge in [-0.15, -0.1) is 0 Å². The van der Waals surface area contributed by atoms with E-state index in [-0.39, 0.29) is 6.61 Å². The van der Waals surface area contributed by atoms with Gasteiger partial charge in [-0.3, -0.25) is 9.59 Å². The molecule has 0 fully saturated rings. The molecule has 3 aromatic carbocycles. The molecule has 9 heteroatoms. The number of hydrazone groups is 1. The highest BCUT2D eigenvalue weighted by molar-refractivity contribution is 6.39. The molecule has 31 heavy (non-hydrogen) atoms. The Morgan fingerprint density at radius 3 is 2.39 bits per heavy atom. The predicted molar refractivity (Wildman–Crippen MR) is 123 cm³/mol. The molecule has 0 radical (unpaired) electrons. The predicted octanol–water partition coefficient (Wildman–Crippen LogP) is 5.31. The fourth-order valence-corrected chi connectivity index (χ4v) is 3.01. The first-order valence-corrected chi connectivity index (χ1v) is 10.1. The number of carbonyl (C=O) groups excluding carboxylic acids is 2. The lowest BCUT2D eigenvalue weighted by molar-refractivity contribution is -0.136. The highest BCUT2D eigenvalue weighted by Gasteiger charge is 2.12. The Hall–Kier alpha value is -3.06. The van der Waals surface area contributed by atoms with E-state index in [2.05, 4.69) is 15.8 Å². The Bertz CT molecular complexity index is 1120. The molecular weight excluding hydrogens is 461 g/mol. The van der Waals surface area contributed by atoms with Crippen LogP contribution in [0, 0.1) is 0 Å². The molecule has 3 aromatic rings. The molecule has 6 nitrogen and oxygen atoms in total. The van der Waals surface area contributed by atoms with Gasteiger partial charge in [0.05, 0.1) is 6.21 Å². The molecule has 0 atom stereocenters. The lowest BCUT2D eigenvalue weighted by atomic mass is 10.2. The van der Waals surface area contributed by atoms with Gasteiger partial charge >= 0.3 is 11.8 Å². The zero-order chi connectivity index (χ0) is 22.2. The van der Waals surface area contributed by atoms with Crippen LogP contribution in [-0.4, -0.2) is 18.0 Å². The van der Waals surface area contributed by atoms with E-state index in [1.807, 2.05) is 0 Å². The number of nitrogens with zero attached hydrogens (tertiary/aromatic N) is 1. The number of ether oxygens (including phenoxy) is 1. The van der Waals surface area contributed by atoms with Crippen LogP contribution in [0.15, 0.2) is 71.8 Å². The van der Waals surface area contributed by atoms with Gasteiger partial charge in [-0.2, -0.15) is 5.10 Å². The molecule has 0 aliphatic carbocycles. The SMILES string of the molecule is O=C(NN=Cc1cccc(OCc2ccc(Cl)cc2Cl)c1)C(=O)Nc1ccc(Cl)cc1. The van der Waals surface area contributed by atoms with Crippen molar-refractivity contribution in [2.24, 2.45) is 5.10 Å². The zero-order valence-corrected chi connectivity index (χ0v) is 18.2. The summed E-state index contributed by atoms with van der Waals surface area (Å²) in [5.41, 5.74) is 4.08. The van der Waals surface area contributed by atoms with Crippen molar-refractivity contribution in [3.05, 3.63) is 92.9 Å². The fourth-order valence-electron chi connectivity index (χ4n) is 2.42. The largest absolute Gasteiger partial charge is 0.489 e. The Morgan fingerprint density at radius 1 is 0.903 bits per heavy atom. The summed E-state index contributed by atoms with van der Waals surface area (Å²) in [6.07, 6.45) is 1.40. The van der Waals surface area contributed by atoms with E-state index in [9.17, 15) is 9.59 Å². The summed E-state index contributed by atoms with van der Waals surface area (Å²) in [6, 6.07) is 18.6. The topological polar surface area (TPSA) is 79.8 Å². The number of anilines is 1. The summed E-state index contributed by atoms with van der Waals surface area (Å²) in [4.78, 5) is 23.8. The highest BCUT2D eigenvalue weighted by Crippen LogP contribution is 2.23. The normalized spacial score (nSPS) is 10.7. The van der Waals surface area contributed by atoms with E-state index in [4.69, 9.17) is 39.5 Å². The van der Waals surface area contributed by atoms with Crippen molar-refractivity contribution >= 4 is 58.5 Å². The maximum atomic E-state index is 11.9. The summed E-state index contributed by atoms with van der Waals surface area (Å²) in [5.74, 6) is -1.17. The smallest absolute Gasteiger partial charge is 0.329 e. The molecule has 0 spiro atoms. The van der Waals surface area contributed by atoms with Crippen LogP contribution in [0.1, 0.15) is 11.1 Å². The zero-order valence-electron chi connectivity index (χ0n) is 15.9. The van der Waals surface area contributed by atoms with Crippen molar-refractivity contribution in [1.82, 2.24) is 5.43 Å². The Labute approximate surface area is 193 Å². The minimum atomic E-state index is -0.906. The van der Waals surface area contributed by atoms with Gasteiger partial charge < -0.3 is 10.1 Å². The van der Waals surface area contributed by atoms with Gasteiger partial charge in [0.25, 0.3) is 0 Å². The van der Waals surface area contributed by atoms with Crippen LogP contribution in [0.25, 0.3) is 0 Å². The van der Waals surface area contributed by atoms with Crippen LogP contribution in [0.2, 0.25) is 15.1 Å². The van der Waals surface area contributed by atoms with Crippen LogP contribution < -0.4 is 15.5 Å². The summed E-state index contributed by atoms with van der Waals surface area (Å²) in [7, 11) is 0. The Balaban J connectivity index is 1.53. The summed E-state index contributed by atoms with van der Waals surface area (Å²) < 4.78 is 5.74. The molecule has 0 bridgehead atoms. The lowest BCUT2D eigenvalue weighted by Crippen LogP contribution is -2.32. The number of halogens is 3. The second-order valence-corrected chi connectivity index (χ2v) is 7.54. The first-order chi connectivity index (χ1) is 14.9. The number of rotatable bonds is 6. The molecule has 0 unspecified atom stereocenters. The van der Waals surface area contributed by atoms with E-state index in [1.54, 1.807) is 66.7 Å². The molecule has 0 saturated heterocycles. The molecule has 0 aliphatic heterocycles. The molecule has 0 aliphatic rings. The van der Waals surface area contributed by atoms with E-state index in [0.717, 1.165) is 5.56 Å². The highest BCUT2D eigenvalue weighted by atomic mass is 35.5. The van der Waals surface area contributed by atoms with Crippen molar-refractivity contribution in [1.29, 1.82) is 0 Å². The van der Waals surface area contributed by atoms with Crippen molar-refractivity contribution in [3.63, 3.8) is 0 Å². The fraction of sp³-hybridized carbons (Fsp3) is 0.0455. The van der Waals surface area contributed by atoms with E-state index in [0.29, 0.717) is 32.1 Å². The standard InChI is InChI=1S/C22H16Cl3N3O3/c23-16-6-8-18(9-7-16)27-21(29)22(30)28-26-12-14-2-1-3-19(10-14)31-13-15-4-5-17(24)11-20(15)25/h1-12H,13H2,(H,27,29)(H,28,30). The average Bonchev–Trinajstić information content (AvgIpc) is 2.75. The molecular formula is C22H16Cl3N3O3. The van der Waals surface area contributed by atoms with Gasteiger partial charge in [0.15, 0.2) is 0 Å². The second kappa shape index (κ2) is 10.8. The van der Waals surface area contributed by atoms with E-state index >= 15 is 0 Å². The third kappa shape index (κ3) is 7.00. The monoisotopic (exact) mass is 475 g/mol. The molecule has 0 aromatic heterocycles.